The first-order valence-corrected chi connectivity index (χ1v) is 6.65. The molecule has 0 saturated carbocycles. The summed E-state index contributed by atoms with van der Waals surface area (Å²) in [6, 6.07) is 4.74. The van der Waals surface area contributed by atoms with E-state index in [1.807, 2.05) is 20.8 Å². The van der Waals surface area contributed by atoms with Gasteiger partial charge >= 0.3 is 0 Å². The van der Waals surface area contributed by atoms with E-state index in [0.717, 1.165) is 0 Å². The molecule has 1 heterocycles. The van der Waals surface area contributed by atoms with Gasteiger partial charge in [-0.2, -0.15) is 0 Å². The highest BCUT2D eigenvalue weighted by Gasteiger charge is 2.26. The third-order valence-corrected chi connectivity index (χ3v) is 3.39. The molecule has 2 aromatic rings. The van der Waals surface area contributed by atoms with Crippen molar-refractivity contribution in [3.8, 4) is 11.4 Å². The van der Waals surface area contributed by atoms with Crippen molar-refractivity contribution >= 4 is 15.9 Å². The predicted octanol–water partition coefficient (Wildman–Crippen LogP) is 3.09. The smallest absolute Gasteiger partial charge is 0.168 e. The van der Waals surface area contributed by atoms with Crippen LogP contribution in [0.4, 0.5) is 4.39 Å². The quantitative estimate of drug-likeness (QED) is 0.922. The Kier molecular flexibility index (Phi) is 3.73. The van der Waals surface area contributed by atoms with Gasteiger partial charge < -0.3 is 9.67 Å². The van der Waals surface area contributed by atoms with Gasteiger partial charge in [-0.3, -0.25) is 0 Å². The molecule has 0 amide bonds. The van der Waals surface area contributed by atoms with Crippen LogP contribution in [0.5, 0.6) is 0 Å². The van der Waals surface area contributed by atoms with Gasteiger partial charge in [-0.25, -0.2) is 4.39 Å². The summed E-state index contributed by atoms with van der Waals surface area (Å²) in [7, 11) is 0. The molecular formula is C13H15BrFN3O. The molecule has 0 fully saturated rings. The molecule has 0 aliphatic carbocycles. The summed E-state index contributed by atoms with van der Waals surface area (Å²) >= 11 is 3.33. The number of aliphatic hydroxyl groups is 1. The minimum atomic E-state index is -0.378. The van der Waals surface area contributed by atoms with Crippen molar-refractivity contribution < 1.29 is 9.50 Å². The predicted molar refractivity (Wildman–Crippen MR) is 74.0 cm³/mol. The maximum Gasteiger partial charge on any atom is 0.168 e. The summed E-state index contributed by atoms with van der Waals surface area (Å²) < 4.78 is 16.4. The van der Waals surface area contributed by atoms with Crippen LogP contribution in [0.2, 0.25) is 0 Å². The van der Waals surface area contributed by atoms with Crippen LogP contribution in [0.3, 0.4) is 0 Å². The van der Waals surface area contributed by atoms with Crippen LogP contribution in [-0.4, -0.2) is 19.9 Å². The molecule has 4 nitrogen and oxygen atoms in total. The summed E-state index contributed by atoms with van der Waals surface area (Å²) in [5.74, 6) is 0.441. The number of hydrogen-bond donors (Lipinski definition) is 1. The first kappa shape index (κ1) is 14.1. The topological polar surface area (TPSA) is 50.9 Å². The fraction of sp³-hybridized carbons (Fsp3) is 0.385. The summed E-state index contributed by atoms with van der Waals surface area (Å²) in [4.78, 5) is 0. The van der Waals surface area contributed by atoms with Crippen molar-refractivity contribution in [1.29, 1.82) is 0 Å². The third-order valence-electron chi connectivity index (χ3n) is 2.73. The van der Waals surface area contributed by atoms with Crippen molar-refractivity contribution in [2.45, 2.75) is 32.9 Å². The third kappa shape index (κ3) is 2.55. The van der Waals surface area contributed by atoms with Gasteiger partial charge in [-0.1, -0.05) is 6.07 Å². The van der Waals surface area contributed by atoms with E-state index in [-0.39, 0.29) is 18.0 Å². The molecule has 102 valence electrons. The van der Waals surface area contributed by atoms with Crippen molar-refractivity contribution in [2.24, 2.45) is 0 Å². The highest BCUT2D eigenvalue weighted by molar-refractivity contribution is 9.10. The molecule has 0 radical (unpaired) electrons. The molecule has 0 spiro atoms. The van der Waals surface area contributed by atoms with Crippen LogP contribution in [0.1, 0.15) is 26.6 Å². The van der Waals surface area contributed by atoms with Gasteiger partial charge in [0.25, 0.3) is 0 Å². The maximum atomic E-state index is 14.0. The SMILES string of the molecule is CC(C)(C)n1c(CO)nnc1-c1c(F)cccc1Br. The molecule has 19 heavy (non-hydrogen) atoms. The minimum absolute atomic E-state index is 0.240. The lowest BCUT2D eigenvalue weighted by molar-refractivity contribution is 0.250. The number of nitrogens with zero attached hydrogens (tertiary/aromatic N) is 3. The van der Waals surface area contributed by atoms with Crippen LogP contribution in [-0.2, 0) is 12.1 Å². The highest BCUT2D eigenvalue weighted by Crippen LogP contribution is 2.33. The van der Waals surface area contributed by atoms with Gasteiger partial charge in [0.2, 0.25) is 0 Å². The van der Waals surface area contributed by atoms with E-state index in [0.29, 0.717) is 21.7 Å². The molecule has 0 aliphatic heterocycles. The van der Waals surface area contributed by atoms with Crippen molar-refractivity contribution in [3.63, 3.8) is 0 Å². The summed E-state index contributed by atoms with van der Waals surface area (Å²) in [5.41, 5.74) is -0.0110. The second-order valence-electron chi connectivity index (χ2n) is 5.20. The van der Waals surface area contributed by atoms with Crippen LogP contribution >= 0.6 is 15.9 Å². The second-order valence-corrected chi connectivity index (χ2v) is 6.06. The van der Waals surface area contributed by atoms with Crippen molar-refractivity contribution in [2.75, 3.05) is 0 Å². The van der Waals surface area contributed by atoms with E-state index in [9.17, 15) is 9.50 Å². The van der Waals surface area contributed by atoms with Gasteiger partial charge in [0.15, 0.2) is 11.6 Å². The Bertz CT molecular complexity index is 584. The van der Waals surface area contributed by atoms with Gasteiger partial charge in [-0.05, 0) is 48.8 Å². The standard InChI is InChI=1S/C13H15BrFN3O/c1-13(2,3)18-10(7-19)16-17-12(18)11-8(14)5-4-6-9(11)15/h4-6,19H,7H2,1-3H3. The Morgan fingerprint density at radius 3 is 2.53 bits per heavy atom. The van der Waals surface area contributed by atoms with Crippen molar-refractivity contribution in [3.05, 3.63) is 34.3 Å². The largest absolute Gasteiger partial charge is 0.388 e. The molecule has 0 atom stereocenters. The Morgan fingerprint density at radius 1 is 1.32 bits per heavy atom. The molecule has 0 unspecified atom stereocenters. The molecule has 0 aliphatic rings. The number of aliphatic hydroxyl groups excluding tert-OH is 1. The number of halogens is 2. The molecule has 1 N–H and O–H groups in total. The molecular weight excluding hydrogens is 313 g/mol. The molecule has 2 rings (SSSR count). The first-order valence-electron chi connectivity index (χ1n) is 5.86. The summed E-state index contributed by atoms with van der Waals surface area (Å²) in [5, 5.41) is 17.3. The first-order chi connectivity index (χ1) is 8.86. The summed E-state index contributed by atoms with van der Waals surface area (Å²) in [6.07, 6.45) is 0. The fourth-order valence-electron chi connectivity index (χ4n) is 2.00. The van der Waals surface area contributed by atoms with E-state index in [4.69, 9.17) is 0 Å². The van der Waals surface area contributed by atoms with E-state index in [1.54, 1.807) is 16.7 Å². The van der Waals surface area contributed by atoms with Crippen LogP contribution in [0, 0.1) is 5.82 Å². The second kappa shape index (κ2) is 5.02. The van der Waals surface area contributed by atoms with Crippen LogP contribution < -0.4 is 0 Å². The lowest BCUT2D eigenvalue weighted by atomic mass is 10.1. The lowest BCUT2D eigenvalue weighted by Crippen LogP contribution is -2.25. The molecule has 1 aromatic heterocycles. The zero-order valence-electron chi connectivity index (χ0n) is 11.0. The fourth-order valence-corrected chi connectivity index (χ4v) is 2.52. The maximum absolute atomic E-state index is 14.0. The number of aromatic nitrogens is 3. The van der Waals surface area contributed by atoms with Crippen molar-refractivity contribution in [1.82, 2.24) is 14.8 Å². The number of hydrogen-bond acceptors (Lipinski definition) is 3. The normalized spacial score (nSPS) is 11.9. The van der Waals surface area contributed by atoms with Crippen LogP contribution in [0.15, 0.2) is 22.7 Å². The molecule has 6 heteroatoms. The lowest BCUT2D eigenvalue weighted by Gasteiger charge is -2.25. The Hall–Kier alpha value is -1.27. The molecule has 0 saturated heterocycles. The van der Waals surface area contributed by atoms with Gasteiger partial charge in [0.05, 0.1) is 5.56 Å². The average Bonchev–Trinajstić information content (AvgIpc) is 2.72. The van der Waals surface area contributed by atoms with E-state index in [1.165, 1.54) is 6.07 Å². The Balaban J connectivity index is 2.74. The summed E-state index contributed by atoms with van der Waals surface area (Å²) in [6.45, 7) is 5.62. The monoisotopic (exact) mass is 327 g/mol. The molecule has 0 bridgehead atoms. The zero-order chi connectivity index (χ0) is 14.2. The van der Waals surface area contributed by atoms with Gasteiger partial charge in [-0.15, -0.1) is 10.2 Å². The minimum Gasteiger partial charge on any atom is -0.388 e. The Labute approximate surface area is 119 Å². The zero-order valence-corrected chi connectivity index (χ0v) is 12.6. The average molecular weight is 328 g/mol. The van der Waals surface area contributed by atoms with E-state index < -0.39 is 0 Å². The Morgan fingerprint density at radius 2 is 2.00 bits per heavy atom. The molecule has 1 aromatic carbocycles. The number of rotatable bonds is 2. The highest BCUT2D eigenvalue weighted by atomic mass is 79.9. The van der Waals surface area contributed by atoms with E-state index >= 15 is 0 Å². The van der Waals surface area contributed by atoms with E-state index in [2.05, 4.69) is 26.1 Å². The van der Waals surface area contributed by atoms with Gasteiger partial charge in [0.1, 0.15) is 12.4 Å². The number of benzene rings is 1. The van der Waals surface area contributed by atoms with Crippen LogP contribution in [0.25, 0.3) is 11.4 Å². The van der Waals surface area contributed by atoms with Gasteiger partial charge in [0, 0.05) is 10.0 Å².